The lowest BCUT2D eigenvalue weighted by Gasteiger charge is -2.11. The summed E-state index contributed by atoms with van der Waals surface area (Å²) in [6, 6.07) is 12.0. The molecule has 0 fully saturated rings. The maximum atomic E-state index is 10.3. The van der Waals surface area contributed by atoms with Crippen molar-refractivity contribution in [3.8, 4) is 11.5 Å². The van der Waals surface area contributed by atoms with Gasteiger partial charge >= 0.3 is 0 Å². The molecule has 0 radical (unpaired) electrons. The Kier molecular flexibility index (Phi) is 3.77. The molecule has 0 unspecified atom stereocenters. The standard InChI is InChI=1S/C18H20N2O2/c1-11-8-12(2)18(21)15(9-11)17-10-16(19-20-17)13-4-6-14(22-3)7-5-13/h4-10,16,19-21H,1-3H3/t16-/m0/s1. The van der Waals surface area contributed by atoms with Crippen LogP contribution in [0.2, 0.25) is 0 Å². The van der Waals surface area contributed by atoms with Crippen LogP contribution in [0.15, 0.2) is 42.5 Å². The third-order valence-corrected chi connectivity index (χ3v) is 3.91. The Balaban J connectivity index is 1.91. The van der Waals surface area contributed by atoms with Gasteiger partial charge in [-0.1, -0.05) is 18.2 Å². The van der Waals surface area contributed by atoms with Crippen molar-refractivity contribution in [2.75, 3.05) is 7.11 Å². The maximum absolute atomic E-state index is 10.3. The minimum Gasteiger partial charge on any atom is -0.507 e. The second-order valence-electron chi connectivity index (χ2n) is 5.58. The number of nitrogens with one attached hydrogen (secondary N) is 2. The maximum Gasteiger partial charge on any atom is 0.127 e. The molecule has 1 aliphatic rings. The van der Waals surface area contributed by atoms with Gasteiger partial charge in [0, 0.05) is 5.56 Å². The number of aryl methyl sites for hydroxylation is 2. The Bertz CT molecular complexity index is 721. The normalized spacial score (nSPS) is 17.0. The molecular weight excluding hydrogens is 276 g/mol. The van der Waals surface area contributed by atoms with Crippen LogP contribution in [0.25, 0.3) is 5.70 Å². The highest BCUT2D eigenvalue weighted by Crippen LogP contribution is 2.32. The average Bonchev–Trinajstić information content (AvgIpc) is 3.00. The number of hydrogen-bond donors (Lipinski definition) is 3. The lowest BCUT2D eigenvalue weighted by Crippen LogP contribution is -2.26. The van der Waals surface area contributed by atoms with Crippen LogP contribution < -0.4 is 15.6 Å². The SMILES string of the molecule is COc1ccc([C@@H]2C=C(c3cc(C)cc(C)c3O)NN2)cc1. The van der Waals surface area contributed by atoms with Crippen LogP contribution in [-0.4, -0.2) is 12.2 Å². The fourth-order valence-electron chi connectivity index (χ4n) is 2.72. The van der Waals surface area contributed by atoms with Gasteiger partial charge in [0.15, 0.2) is 0 Å². The Morgan fingerprint density at radius 1 is 1.09 bits per heavy atom. The van der Waals surface area contributed by atoms with E-state index in [4.69, 9.17) is 4.74 Å². The van der Waals surface area contributed by atoms with E-state index in [9.17, 15) is 5.11 Å². The zero-order valence-corrected chi connectivity index (χ0v) is 13.0. The summed E-state index contributed by atoms with van der Waals surface area (Å²) in [6.45, 7) is 3.94. The summed E-state index contributed by atoms with van der Waals surface area (Å²) in [6.07, 6.45) is 2.08. The molecule has 4 nitrogen and oxygen atoms in total. The van der Waals surface area contributed by atoms with E-state index in [1.54, 1.807) is 7.11 Å². The van der Waals surface area contributed by atoms with E-state index in [0.717, 1.165) is 33.7 Å². The number of hydrogen-bond acceptors (Lipinski definition) is 4. The van der Waals surface area contributed by atoms with Crippen LogP contribution in [0.1, 0.15) is 28.3 Å². The molecule has 22 heavy (non-hydrogen) atoms. The summed E-state index contributed by atoms with van der Waals surface area (Å²) in [5, 5.41) is 10.3. The van der Waals surface area contributed by atoms with Crippen LogP contribution in [-0.2, 0) is 0 Å². The zero-order valence-electron chi connectivity index (χ0n) is 13.0. The molecule has 1 aliphatic heterocycles. The minimum absolute atomic E-state index is 0.0566. The molecular formula is C18H20N2O2. The van der Waals surface area contributed by atoms with Crippen molar-refractivity contribution in [1.82, 2.24) is 10.9 Å². The van der Waals surface area contributed by atoms with Gasteiger partial charge in [-0.25, -0.2) is 5.43 Å². The first-order valence-electron chi connectivity index (χ1n) is 7.26. The number of aromatic hydroxyl groups is 1. The van der Waals surface area contributed by atoms with E-state index in [-0.39, 0.29) is 6.04 Å². The van der Waals surface area contributed by atoms with Crippen molar-refractivity contribution >= 4 is 5.70 Å². The molecule has 0 bridgehead atoms. The van der Waals surface area contributed by atoms with Gasteiger partial charge < -0.3 is 15.3 Å². The number of rotatable bonds is 3. The largest absolute Gasteiger partial charge is 0.507 e. The molecule has 114 valence electrons. The fourth-order valence-corrected chi connectivity index (χ4v) is 2.72. The van der Waals surface area contributed by atoms with Gasteiger partial charge in [0.1, 0.15) is 11.5 Å². The summed E-state index contributed by atoms with van der Waals surface area (Å²) in [4.78, 5) is 0. The van der Waals surface area contributed by atoms with Gasteiger partial charge in [-0.15, -0.1) is 0 Å². The fraction of sp³-hybridized carbons (Fsp3) is 0.222. The predicted molar refractivity (Wildman–Crippen MR) is 87.6 cm³/mol. The molecule has 0 amide bonds. The van der Waals surface area contributed by atoms with E-state index in [1.807, 2.05) is 50.2 Å². The average molecular weight is 296 g/mol. The second-order valence-corrected chi connectivity index (χ2v) is 5.58. The molecule has 3 rings (SSSR count). The Morgan fingerprint density at radius 3 is 2.50 bits per heavy atom. The number of hydrazine groups is 1. The number of ether oxygens (including phenoxy) is 1. The van der Waals surface area contributed by atoms with E-state index in [2.05, 4.69) is 16.9 Å². The Morgan fingerprint density at radius 2 is 1.82 bits per heavy atom. The molecule has 0 aliphatic carbocycles. The van der Waals surface area contributed by atoms with Gasteiger partial charge in [0.2, 0.25) is 0 Å². The van der Waals surface area contributed by atoms with E-state index >= 15 is 0 Å². The van der Waals surface area contributed by atoms with Crippen LogP contribution in [0.4, 0.5) is 0 Å². The van der Waals surface area contributed by atoms with Crippen molar-refractivity contribution in [3.05, 3.63) is 64.7 Å². The van der Waals surface area contributed by atoms with Gasteiger partial charge in [-0.2, -0.15) is 0 Å². The first-order chi connectivity index (χ1) is 10.6. The van der Waals surface area contributed by atoms with Crippen LogP contribution in [0, 0.1) is 13.8 Å². The van der Waals surface area contributed by atoms with Gasteiger partial charge in [0.25, 0.3) is 0 Å². The number of methoxy groups -OCH3 is 1. The van der Waals surface area contributed by atoms with E-state index in [1.165, 1.54) is 0 Å². The Hall–Kier alpha value is -2.46. The molecule has 0 spiro atoms. The third-order valence-electron chi connectivity index (χ3n) is 3.91. The van der Waals surface area contributed by atoms with Crippen LogP contribution >= 0.6 is 0 Å². The zero-order chi connectivity index (χ0) is 15.7. The lowest BCUT2D eigenvalue weighted by molar-refractivity contribution is 0.414. The molecule has 2 aromatic carbocycles. The quantitative estimate of drug-likeness (QED) is 0.814. The second kappa shape index (κ2) is 5.73. The molecule has 0 saturated heterocycles. The van der Waals surface area contributed by atoms with Crippen LogP contribution in [0.5, 0.6) is 11.5 Å². The smallest absolute Gasteiger partial charge is 0.127 e. The van der Waals surface area contributed by atoms with Crippen LogP contribution in [0.3, 0.4) is 0 Å². The number of phenolic OH excluding ortho intramolecular Hbond substituents is 1. The lowest BCUT2D eigenvalue weighted by atomic mass is 10.0. The topological polar surface area (TPSA) is 53.5 Å². The van der Waals surface area contributed by atoms with Crippen molar-refractivity contribution < 1.29 is 9.84 Å². The molecule has 1 heterocycles. The molecule has 4 heteroatoms. The molecule has 0 aromatic heterocycles. The van der Waals surface area contributed by atoms with Crippen molar-refractivity contribution in [2.45, 2.75) is 19.9 Å². The molecule has 2 aromatic rings. The minimum atomic E-state index is 0.0566. The highest BCUT2D eigenvalue weighted by molar-refractivity contribution is 5.72. The van der Waals surface area contributed by atoms with Gasteiger partial charge in [-0.05, 0) is 54.8 Å². The predicted octanol–water partition coefficient (Wildman–Crippen LogP) is 3.21. The summed E-state index contributed by atoms with van der Waals surface area (Å²) >= 11 is 0. The molecule has 0 saturated carbocycles. The molecule has 1 atom stereocenters. The summed E-state index contributed by atoms with van der Waals surface area (Å²) in [7, 11) is 1.66. The van der Waals surface area contributed by atoms with E-state index < -0.39 is 0 Å². The summed E-state index contributed by atoms with van der Waals surface area (Å²) < 4.78 is 5.18. The first kappa shape index (κ1) is 14.5. The number of phenols is 1. The summed E-state index contributed by atoms with van der Waals surface area (Å²) in [5.41, 5.74) is 11.2. The Labute approximate surface area is 130 Å². The molecule has 3 N–H and O–H groups in total. The monoisotopic (exact) mass is 296 g/mol. The third kappa shape index (κ3) is 2.65. The van der Waals surface area contributed by atoms with Crippen molar-refractivity contribution in [3.63, 3.8) is 0 Å². The van der Waals surface area contributed by atoms with Crippen molar-refractivity contribution in [2.24, 2.45) is 0 Å². The highest BCUT2D eigenvalue weighted by atomic mass is 16.5. The van der Waals surface area contributed by atoms with Gasteiger partial charge in [0.05, 0.1) is 18.8 Å². The highest BCUT2D eigenvalue weighted by Gasteiger charge is 2.20. The summed E-state index contributed by atoms with van der Waals surface area (Å²) in [5.74, 6) is 1.16. The van der Waals surface area contributed by atoms with Crippen molar-refractivity contribution in [1.29, 1.82) is 0 Å². The number of benzene rings is 2. The van der Waals surface area contributed by atoms with E-state index in [0.29, 0.717) is 5.75 Å². The first-order valence-corrected chi connectivity index (χ1v) is 7.26. The van der Waals surface area contributed by atoms with Gasteiger partial charge in [-0.3, -0.25) is 0 Å².